The molecule has 0 atom stereocenters. The van der Waals surface area contributed by atoms with Gasteiger partial charge in [-0.15, -0.1) is 0 Å². The van der Waals surface area contributed by atoms with E-state index in [2.05, 4.69) is 17.0 Å². The molecule has 0 unspecified atom stereocenters. The van der Waals surface area contributed by atoms with E-state index in [9.17, 15) is 0 Å². The molecule has 1 N–H and O–H groups in total. The van der Waals surface area contributed by atoms with Crippen LogP contribution >= 0.6 is 12.2 Å². The third kappa shape index (κ3) is 1.93. The van der Waals surface area contributed by atoms with Gasteiger partial charge in [-0.25, -0.2) is 0 Å². The minimum absolute atomic E-state index is 0.326. The summed E-state index contributed by atoms with van der Waals surface area (Å²) in [7, 11) is 1.47. The van der Waals surface area contributed by atoms with Crippen LogP contribution in [0.25, 0.3) is 0 Å². The number of hydrogen-bond acceptors (Lipinski definition) is 3. The third-order valence-electron chi connectivity index (χ3n) is 0.701. The van der Waals surface area contributed by atoms with Gasteiger partial charge in [-0.2, -0.15) is 0 Å². The highest BCUT2D eigenvalue weighted by atomic mass is 32.1. The second kappa shape index (κ2) is 3.43. The number of rotatable bonds is 1. The van der Waals surface area contributed by atoms with Gasteiger partial charge in [0.2, 0.25) is 0 Å². The molecule has 0 rings (SSSR count). The summed E-state index contributed by atoms with van der Waals surface area (Å²) >= 11 is 4.63. The summed E-state index contributed by atoms with van der Waals surface area (Å²) < 4.78 is 4.61. The number of aliphatic hydroxyl groups excluding tert-OH is 1. The van der Waals surface area contributed by atoms with Crippen molar-refractivity contribution in [2.24, 2.45) is 0 Å². The molecule has 0 amide bonds. The largest absolute Gasteiger partial charge is 0.515 e. The van der Waals surface area contributed by atoms with Crippen LogP contribution in [0.3, 0.4) is 0 Å². The van der Waals surface area contributed by atoms with Crippen molar-refractivity contribution in [3.8, 4) is 0 Å². The van der Waals surface area contributed by atoms with Gasteiger partial charge >= 0.3 is 0 Å². The number of methoxy groups -OCH3 is 1. The zero-order chi connectivity index (χ0) is 6.57. The van der Waals surface area contributed by atoms with Crippen LogP contribution in [0.15, 0.2) is 11.8 Å². The van der Waals surface area contributed by atoms with Crippen molar-refractivity contribution in [2.45, 2.75) is 6.92 Å². The van der Waals surface area contributed by atoms with Gasteiger partial charge in [-0.05, 0) is 19.1 Å². The SMILES string of the molecule is COC(=S)C(C)=CO. The van der Waals surface area contributed by atoms with E-state index in [0.717, 1.165) is 6.26 Å². The lowest BCUT2D eigenvalue weighted by atomic mass is 10.4. The normalized spacial score (nSPS) is 11.0. The zero-order valence-corrected chi connectivity index (χ0v) is 5.66. The van der Waals surface area contributed by atoms with Crippen molar-refractivity contribution in [1.82, 2.24) is 0 Å². The van der Waals surface area contributed by atoms with Crippen LogP contribution < -0.4 is 0 Å². The number of thiocarbonyl (C=S) groups is 1. The monoisotopic (exact) mass is 132 g/mol. The van der Waals surface area contributed by atoms with Crippen LogP contribution in [-0.4, -0.2) is 17.3 Å². The highest BCUT2D eigenvalue weighted by Crippen LogP contribution is 1.94. The maximum Gasteiger partial charge on any atom is 0.189 e. The van der Waals surface area contributed by atoms with Crippen LogP contribution in [0.5, 0.6) is 0 Å². The molecule has 8 heavy (non-hydrogen) atoms. The molecule has 0 aliphatic heterocycles. The Morgan fingerprint density at radius 3 is 2.38 bits per heavy atom. The van der Waals surface area contributed by atoms with Gasteiger partial charge in [-0.1, -0.05) is 0 Å². The summed E-state index contributed by atoms with van der Waals surface area (Å²) in [6, 6.07) is 0. The van der Waals surface area contributed by atoms with Crippen LogP contribution in [0, 0.1) is 0 Å². The lowest BCUT2D eigenvalue weighted by Gasteiger charge is -1.97. The van der Waals surface area contributed by atoms with E-state index in [1.807, 2.05) is 0 Å². The first-order valence-corrected chi connectivity index (χ1v) is 2.52. The Balaban J connectivity index is 3.83. The molecule has 0 bridgehead atoms. The second-order valence-corrected chi connectivity index (χ2v) is 1.67. The van der Waals surface area contributed by atoms with E-state index in [-0.39, 0.29) is 0 Å². The van der Waals surface area contributed by atoms with Gasteiger partial charge in [0.05, 0.1) is 13.4 Å². The fourth-order valence-corrected chi connectivity index (χ4v) is 0.266. The summed E-state index contributed by atoms with van der Waals surface area (Å²) in [5, 5.41) is 8.63. The molecule has 0 saturated heterocycles. The second-order valence-electron chi connectivity index (χ2n) is 1.30. The molecular formula is C5H8O2S. The van der Waals surface area contributed by atoms with Crippen LogP contribution in [0.1, 0.15) is 6.92 Å². The maximum atomic E-state index is 8.31. The van der Waals surface area contributed by atoms with Crippen molar-refractivity contribution in [2.75, 3.05) is 7.11 Å². The van der Waals surface area contributed by atoms with Crippen molar-refractivity contribution in [3.63, 3.8) is 0 Å². The van der Waals surface area contributed by atoms with Gasteiger partial charge < -0.3 is 9.84 Å². The first kappa shape index (κ1) is 7.43. The minimum atomic E-state index is 0.326. The maximum absolute atomic E-state index is 8.31. The Labute approximate surface area is 53.8 Å². The molecule has 0 spiro atoms. The van der Waals surface area contributed by atoms with Gasteiger partial charge in [0, 0.05) is 5.57 Å². The van der Waals surface area contributed by atoms with Crippen LogP contribution in [-0.2, 0) is 4.74 Å². The molecule has 0 heterocycles. The summed E-state index contributed by atoms with van der Waals surface area (Å²) in [4.78, 5) is 0. The Morgan fingerprint density at radius 1 is 1.75 bits per heavy atom. The van der Waals surface area contributed by atoms with Crippen LogP contribution in [0.4, 0.5) is 0 Å². The fourth-order valence-electron chi connectivity index (χ4n) is 0.214. The lowest BCUT2D eigenvalue weighted by Crippen LogP contribution is -1.97. The number of aliphatic hydroxyl groups is 1. The molecular weight excluding hydrogens is 124 g/mol. The zero-order valence-electron chi connectivity index (χ0n) is 4.84. The van der Waals surface area contributed by atoms with E-state index in [4.69, 9.17) is 5.11 Å². The van der Waals surface area contributed by atoms with E-state index in [0.29, 0.717) is 10.6 Å². The molecule has 46 valence electrons. The highest BCUT2D eigenvalue weighted by Gasteiger charge is 1.94. The topological polar surface area (TPSA) is 29.5 Å². The molecule has 0 saturated carbocycles. The standard InChI is InChI=1S/C5H8O2S/c1-4(3-6)5(8)7-2/h3,6H,1-2H3. The molecule has 0 aliphatic rings. The van der Waals surface area contributed by atoms with E-state index < -0.39 is 0 Å². The van der Waals surface area contributed by atoms with Gasteiger partial charge in [0.25, 0.3) is 0 Å². The number of ether oxygens (including phenoxy) is 1. The fraction of sp³-hybridized carbons (Fsp3) is 0.400. The van der Waals surface area contributed by atoms with Crippen LogP contribution in [0.2, 0.25) is 0 Å². The molecule has 2 nitrogen and oxygen atoms in total. The Hall–Kier alpha value is -0.570. The lowest BCUT2D eigenvalue weighted by molar-refractivity contribution is 0.409. The van der Waals surface area contributed by atoms with E-state index >= 15 is 0 Å². The van der Waals surface area contributed by atoms with Gasteiger partial charge in [0.1, 0.15) is 0 Å². The van der Waals surface area contributed by atoms with Crippen molar-refractivity contribution in [1.29, 1.82) is 0 Å². The van der Waals surface area contributed by atoms with E-state index in [1.54, 1.807) is 6.92 Å². The molecule has 0 aromatic rings. The summed E-state index contributed by atoms with van der Waals surface area (Å²) in [5.41, 5.74) is 0.572. The summed E-state index contributed by atoms with van der Waals surface area (Å²) in [6.45, 7) is 1.67. The number of hydrogen-bond donors (Lipinski definition) is 1. The Morgan fingerprint density at radius 2 is 2.25 bits per heavy atom. The molecule has 0 aliphatic carbocycles. The summed E-state index contributed by atoms with van der Waals surface area (Å²) in [6.07, 6.45) is 0.922. The first-order valence-electron chi connectivity index (χ1n) is 2.11. The Bertz CT molecular complexity index is 118. The minimum Gasteiger partial charge on any atom is -0.515 e. The molecule has 0 fully saturated rings. The smallest absolute Gasteiger partial charge is 0.189 e. The highest BCUT2D eigenvalue weighted by molar-refractivity contribution is 7.80. The average Bonchev–Trinajstić information content (AvgIpc) is 1.84. The van der Waals surface area contributed by atoms with E-state index in [1.165, 1.54) is 7.11 Å². The summed E-state index contributed by atoms with van der Waals surface area (Å²) in [5.74, 6) is 0. The van der Waals surface area contributed by atoms with Crippen molar-refractivity contribution < 1.29 is 9.84 Å². The van der Waals surface area contributed by atoms with Gasteiger partial charge in [-0.3, -0.25) is 0 Å². The first-order chi connectivity index (χ1) is 3.72. The third-order valence-corrected chi connectivity index (χ3v) is 1.19. The quantitative estimate of drug-likeness (QED) is 0.332. The molecule has 3 heteroatoms. The van der Waals surface area contributed by atoms with Gasteiger partial charge in [0.15, 0.2) is 5.05 Å². The average molecular weight is 132 g/mol. The predicted octanol–water partition coefficient (Wildman–Crippen LogP) is 1.42. The molecule has 0 radical (unpaired) electrons. The van der Waals surface area contributed by atoms with Crippen molar-refractivity contribution in [3.05, 3.63) is 11.8 Å². The van der Waals surface area contributed by atoms with Crippen molar-refractivity contribution >= 4 is 17.3 Å². The predicted molar refractivity (Wildman–Crippen MR) is 36.0 cm³/mol. The molecule has 0 aromatic heterocycles. The Kier molecular flexibility index (Phi) is 3.19. The molecule has 0 aromatic carbocycles.